The Morgan fingerprint density at radius 3 is 3.05 bits per heavy atom. The van der Waals surface area contributed by atoms with E-state index < -0.39 is 6.04 Å². The summed E-state index contributed by atoms with van der Waals surface area (Å²) in [4.78, 5) is 14.0. The predicted molar refractivity (Wildman–Crippen MR) is 79.8 cm³/mol. The van der Waals surface area contributed by atoms with Crippen molar-refractivity contribution < 1.29 is 9.53 Å². The molecule has 3 N–H and O–H groups in total. The smallest absolute Gasteiger partial charge is 0.239 e. The maximum atomic E-state index is 11.7. The van der Waals surface area contributed by atoms with Crippen LogP contribution in [0.4, 0.5) is 5.69 Å². The molecule has 2 atom stereocenters. The second kappa shape index (κ2) is 6.72. The number of methoxy groups -OCH3 is 1. The van der Waals surface area contributed by atoms with Gasteiger partial charge in [-0.3, -0.25) is 4.79 Å². The minimum absolute atomic E-state index is 0.160. The first kappa shape index (κ1) is 14.8. The van der Waals surface area contributed by atoms with Gasteiger partial charge in [-0.25, -0.2) is 0 Å². The van der Waals surface area contributed by atoms with E-state index in [0.29, 0.717) is 12.6 Å². The molecule has 2 unspecified atom stereocenters. The van der Waals surface area contributed by atoms with Crippen LogP contribution in [0.5, 0.6) is 0 Å². The summed E-state index contributed by atoms with van der Waals surface area (Å²) in [7, 11) is 1.54. The van der Waals surface area contributed by atoms with Gasteiger partial charge in [0.05, 0.1) is 6.61 Å². The van der Waals surface area contributed by atoms with Crippen LogP contribution < -0.4 is 16.0 Å². The second-order valence-corrected chi connectivity index (χ2v) is 5.23. The van der Waals surface area contributed by atoms with Gasteiger partial charge in [0.15, 0.2) is 0 Å². The highest BCUT2D eigenvalue weighted by Gasteiger charge is 2.25. The third-order valence-electron chi connectivity index (χ3n) is 3.68. The molecule has 0 radical (unpaired) electrons. The van der Waals surface area contributed by atoms with Crippen molar-refractivity contribution in [3.05, 3.63) is 29.8 Å². The number of carbonyl (C=O) groups is 1. The Bertz CT molecular complexity index is 464. The summed E-state index contributed by atoms with van der Waals surface area (Å²) in [5.41, 5.74) is 8.33. The predicted octanol–water partition coefficient (Wildman–Crippen LogP) is 0.528. The first-order valence-corrected chi connectivity index (χ1v) is 7.00. The lowest BCUT2D eigenvalue weighted by Gasteiger charge is -2.25. The van der Waals surface area contributed by atoms with Gasteiger partial charge in [0.2, 0.25) is 5.91 Å². The van der Waals surface area contributed by atoms with Gasteiger partial charge in [-0.05, 0) is 25.0 Å². The highest BCUT2D eigenvalue weighted by molar-refractivity contribution is 5.81. The molecule has 0 saturated carbocycles. The molecule has 0 spiro atoms. The number of anilines is 1. The maximum Gasteiger partial charge on any atom is 0.239 e. The monoisotopic (exact) mass is 277 g/mol. The molecule has 0 saturated heterocycles. The fourth-order valence-corrected chi connectivity index (χ4v) is 2.66. The van der Waals surface area contributed by atoms with Crippen molar-refractivity contribution in [2.24, 2.45) is 5.73 Å². The molecule has 20 heavy (non-hydrogen) atoms. The van der Waals surface area contributed by atoms with Crippen LogP contribution >= 0.6 is 0 Å². The zero-order valence-electron chi connectivity index (χ0n) is 12.1. The lowest BCUT2D eigenvalue weighted by Crippen LogP contribution is -2.46. The topological polar surface area (TPSA) is 67.6 Å². The summed E-state index contributed by atoms with van der Waals surface area (Å²) >= 11 is 0. The number of ether oxygens (including phenoxy) is 1. The van der Waals surface area contributed by atoms with E-state index >= 15 is 0 Å². The third kappa shape index (κ3) is 3.29. The molecule has 0 fully saturated rings. The largest absolute Gasteiger partial charge is 0.383 e. The van der Waals surface area contributed by atoms with Crippen molar-refractivity contribution in [1.82, 2.24) is 5.32 Å². The van der Waals surface area contributed by atoms with Crippen LogP contribution in [0, 0.1) is 0 Å². The Morgan fingerprint density at radius 2 is 2.30 bits per heavy atom. The average molecular weight is 277 g/mol. The van der Waals surface area contributed by atoms with Crippen molar-refractivity contribution in [3.63, 3.8) is 0 Å². The van der Waals surface area contributed by atoms with Crippen LogP contribution in [0.3, 0.4) is 0 Å². The van der Waals surface area contributed by atoms with E-state index in [2.05, 4.69) is 41.4 Å². The molecule has 110 valence electrons. The molecule has 1 aromatic carbocycles. The van der Waals surface area contributed by atoms with Crippen LogP contribution in [-0.4, -0.2) is 44.8 Å². The minimum Gasteiger partial charge on any atom is -0.383 e. The highest BCUT2D eigenvalue weighted by Crippen LogP contribution is 2.30. The molecular weight excluding hydrogens is 254 g/mol. The maximum absolute atomic E-state index is 11.7. The zero-order chi connectivity index (χ0) is 14.5. The van der Waals surface area contributed by atoms with Gasteiger partial charge in [-0.15, -0.1) is 0 Å². The Hall–Kier alpha value is -1.59. The molecule has 0 aliphatic carbocycles. The number of para-hydroxylation sites is 1. The summed E-state index contributed by atoms with van der Waals surface area (Å²) < 4.78 is 4.87. The summed E-state index contributed by atoms with van der Waals surface area (Å²) in [5, 5.41) is 2.86. The Morgan fingerprint density at radius 1 is 1.55 bits per heavy atom. The van der Waals surface area contributed by atoms with Gasteiger partial charge in [0, 0.05) is 31.9 Å². The van der Waals surface area contributed by atoms with E-state index in [4.69, 9.17) is 10.5 Å². The van der Waals surface area contributed by atoms with Crippen LogP contribution in [-0.2, 0) is 16.0 Å². The van der Waals surface area contributed by atoms with Gasteiger partial charge in [-0.2, -0.15) is 0 Å². The zero-order valence-corrected chi connectivity index (χ0v) is 12.1. The van der Waals surface area contributed by atoms with E-state index in [0.717, 1.165) is 13.0 Å². The summed E-state index contributed by atoms with van der Waals surface area (Å²) in [5.74, 6) is -0.160. The number of rotatable bonds is 6. The molecule has 1 aromatic rings. The first-order valence-electron chi connectivity index (χ1n) is 7.00. The SMILES string of the molecule is COCC(N)C(=O)NCCN1c2ccccc2CC1C. The van der Waals surface area contributed by atoms with Gasteiger partial charge in [-0.1, -0.05) is 18.2 Å². The van der Waals surface area contributed by atoms with Crippen molar-refractivity contribution in [2.45, 2.75) is 25.4 Å². The number of fused-ring (bicyclic) bond motifs is 1. The molecular formula is C15H23N3O2. The Balaban J connectivity index is 1.84. The first-order chi connectivity index (χ1) is 9.63. The van der Waals surface area contributed by atoms with E-state index in [1.54, 1.807) is 0 Å². The van der Waals surface area contributed by atoms with E-state index in [9.17, 15) is 4.79 Å². The van der Waals surface area contributed by atoms with Gasteiger partial charge in [0.1, 0.15) is 6.04 Å². The molecule has 1 amide bonds. The van der Waals surface area contributed by atoms with Crippen molar-refractivity contribution in [2.75, 3.05) is 31.7 Å². The van der Waals surface area contributed by atoms with Crippen LogP contribution in [0.1, 0.15) is 12.5 Å². The number of carbonyl (C=O) groups excluding carboxylic acids is 1. The number of hydrogen-bond donors (Lipinski definition) is 2. The van der Waals surface area contributed by atoms with Gasteiger partial charge < -0.3 is 20.7 Å². The molecule has 5 heteroatoms. The molecule has 1 aliphatic heterocycles. The molecule has 0 aromatic heterocycles. The standard InChI is InChI=1S/C15H23N3O2/c1-11-9-12-5-3-4-6-14(12)18(11)8-7-17-15(19)13(16)10-20-2/h3-6,11,13H,7-10,16H2,1-2H3,(H,17,19). The lowest BCUT2D eigenvalue weighted by atomic mass is 10.1. The average Bonchev–Trinajstić information content (AvgIpc) is 2.75. The van der Waals surface area contributed by atoms with E-state index in [-0.39, 0.29) is 12.5 Å². The normalized spacial score (nSPS) is 18.8. The Kier molecular flexibility index (Phi) is 4.98. The summed E-state index contributed by atoms with van der Waals surface area (Å²) in [6.07, 6.45) is 1.06. The molecule has 5 nitrogen and oxygen atoms in total. The number of benzene rings is 1. The van der Waals surface area contributed by atoms with Crippen LogP contribution in [0.2, 0.25) is 0 Å². The Labute approximate surface area is 120 Å². The van der Waals surface area contributed by atoms with Gasteiger partial charge >= 0.3 is 0 Å². The van der Waals surface area contributed by atoms with E-state index in [1.807, 2.05) is 0 Å². The molecule has 2 rings (SSSR count). The highest BCUT2D eigenvalue weighted by atomic mass is 16.5. The number of nitrogens with zero attached hydrogens (tertiary/aromatic N) is 1. The third-order valence-corrected chi connectivity index (χ3v) is 3.68. The van der Waals surface area contributed by atoms with Crippen molar-refractivity contribution in [3.8, 4) is 0 Å². The fraction of sp³-hybridized carbons (Fsp3) is 0.533. The molecule has 0 bridgehead atoms. The number of hydrogen-bond acceptors (Lipinski definition) is 4. The molecule has 1 heterocycles. The van der Waals surface area contributed by atoms with Crippen molar-refractivity contribution >= 4 is 11.6 Å². The van der Waals surface area contributed by atoms with Gasteiger partial charge in [0.25, 0.3) is 0 Å². The fourth-order valence-electron chi connectivity index (χ4n) is 2.66. The number of nitrogens with one attached hydrogen (secondary N) is 1. The summed E-state index contributed by atoms with van der Waals surface area (Å²) in [6.45, 7) is 3.84. The van der Waals surface area contributed by atoms with Crippen LogP contribution in [0.15, 0.2) is 24.3 Å². The summed E-state index contributed by atoms with van der Waals surface area (Å²) in [6, 6.07) is 8.30. The number of nitrogens with two attached hydrogens (primary N) is 1. The van der Waals surface area contributed by atoms with E-state index in [1.165, 1.54) is 18.4 Å². The minimum atomic E-state index is -0.594. The second-order valence-electron chi connectivity index (χ2n) is 5.23. The van der Waals surface area contributed by atoms with Crippen molar-refractivity contribution in [1.29, 1.82) is 0 Å². The quantitative estimate of drug-likeness (QED) is 0.796. The lowest BCUT2D eigenvalue weighted by molar-refractivity contribution is -0.123. The van der Waals surface area contributed by atoms with Crippen LogP contribution in [0.25, 0.3) is 0 Å². The molecule has 1 aliphatic rings. The number of amides is 1.